The number of rotatable bonds is 9. The number of carboxylic acids is 1. The molecular formula is C13H20Cl2N2O4S2. The molecule has 0 unspecified atom stereocenters. The highest BCUT2D eigenvalue weighted by molar-refractivity contribution is 8.76. The second kappa shape index (κ2) is 13.8. The largest absolute Gasteiger partial charge is 0.480 e. The van der Waals surface area contributed by atoms with Gasteiger partial charge in [-0.3, -0.25) is 9.59 Å². The standard InChI is InChI=1S/C13H18N2O4S2.2ClH/c14-10(12(16)17)7-20-21-8-11(15)13(18)19-6-9-4-2-1-3-5-9;;/h1-5,10-11H,6-8,14-15H2,(H,16,17);2*1H/t10-,11-;;/m0../s1. The summed E-state index contributed by atoms with van der Waals surface area (Å²) in [4.78, 5) is 22.2. The first-order valence-electron chi connectivity index (χ1n) is 6.19. The van der Waals surface area contributed by atoms with E-state index in [1.165, 1.54) is 21.6 Å². The van der Waals surface area contributed by atoms with Gasteiger partial charge in [0, 0.05) is 11.5 Å². The number of nitrogens with two attached hydrogens (primary N) is 2. The molecule has 0 radical (unpaired) electrons. The van der Waals surface area contributed by atoms with E-state index in [2.05, 4.69) is 0 Å². The molecule has 1 rings (SSSR count). The van der Waals surface area contributed by atoms with Gasteiger partial charge in [0.25, 0.3) is 0 Å². The summed E-state index contributed by atoms with van der Waals surface area (Å²) in [6, 6.07) is 7.67. The van der Waals surface area contributed by atoms with Crippen molar-refractivity contribution in [3.05, 3.63) is 35.9 Å². The topological polar surface area (TPSA) is 116 Å². The monoisotopic (exact) mass is 402 g/mol. The molecule has 6 nitrogen and oxygen atoms in total. The molecule has 10 heteroatoms. The van der Waals surface area contributed by atoms with Crippen LogP contribution in [0.25, 0.3) is 0 Å². The molecule has 132 valence electrons. The van der Waals surface area contributed by atoms with Crippen LogP contribution in [0.5, 0.6) is 0 Å². The van der Waals surface area contributed by atoms with E-state index in [1.807, 2.05) is 30.3 Å². The highest BCUT2D eigenvalue weighted by Crippen LogP contribution is 2.22. The Labute approximate surface area is 155 Å². The lowest BCUT2D eigenvalue weighted by atomic mass is 10.2. The van der Waals surface area contributed by atoms with Crippen molar-refractivity contribution in [3.63, 3.8) is 0 Å². The summed E-state index contributed by atoms with van der Waals surface area (Å²) in [7, 11) is 2.58. The number of aliphatic carboxylic acids is 1. The van der Waals surface area contributed by atoms with Crippen LogP contribution in [0, 0.1) is 0 Å². The maximum Gasteiger partial charge on any atom is 0.324 e. The van der Waals surface area contributed by atoms with E-state index in [0.29, 0.717) is 5.75 Å². The molecule has 0 saturated heterocycles. The SMILES string of the molecule is Cl.Cl.N[C@@H](CSSC[C@H](N)C(=O)OCc1ccccc1)C(=O)O. The Morgan fingerprint density at radius 1 is 1.04 bits per heavy atom. The van der Waals surface area contributed by atoms with Crippen LogP contribution in [0.15, 0.2) is 30.3 Å². The number of carbonyl (C=O) groups is 2. The number of esters is 1. The molecule has 0 aliphatic carbocycles. The van der Waals surface area contributed by atoms with E-state index in [0.717, 1.165) is 5.56 Å². The minimum Gasteiger partial charge on any atom is -0.480 e. The van der Waals surface area contributed by atoms with Crippen LogP contribution in [0.4, 0.5) is 0 Å². The van der Waals surface area contributed by atoms with Crippen molar-refractivity contribution in [2.75, 3.05) is 11.5 Å². The second-order valence-corrected chi connectivity index (χ2v) is 6.77. The molecule has 1 aromatic rings. The lowest BCUT2D eigenvalue weighted by Gasteiger charge is -2.11. The molecule has 0 spiro atoms. The van der Waals surface area contributed by atoms with Gasteiger partial charge in [-0.05, 0) is 5.56 Å². The molecule has 0 aliphatic heterocycles. The fourth-order valence-electron chi connectivity index (χ4n) is 1.22. The first-order valence-corrected chi connectivity index (χ1v) is 8.68. The number of benzene rings is 1. The van der Waals surface area contributed by atoms with Crippen LogP contribution in [-0.4, -0.2) is 40.6 Å². The van der Waals surface area contributed by atoms with Crippen LogP contribution in [0.3, 0.4) is 0 Å². The average molecular weight is 403 g/mol. The highest BCUT2D eigenvalue weighted by Gasteiger charge is 2.16. The Hall–Kier alpha value is -0.640. The molecule has 5 N–H and O–H groups in total. The van der Waals surface area contributed by atoms with E-state index in [4.69, 9.17) is 21.3 Å². The number of carbonyl (C=O) groups excluding carboxylic acids is 1. The van der Waals surface area contributed by atoms with Crippen molar-refractivity contribution >= 4 is 58.3 Å². The zero-order valence-electron chi connectivity index (χ0n) is 12.1. The third kappa shape index (κ3) is 10.7. The summed E-state index contributed by atoms with van der Waals surface area (Å²) in [5.74, 6) is -0.930. The summed E-state index contributed by atoms with van der Waals surface area (Å²) in [6.45, 7) is 0.190. The summed E-state index contributed by atoms with van der Waals surface area (Å²) >= 11 is 0. The fraction of sp³-hybridized carbons (Fsp3) is 0.385. The van der Waals surface area contributed by atoms with Gasteiger partial charge < -0.3 is 21.3 Å². The molecule has 0 amide bonds. The number of ether oxygens (including phenoxy) is 1. The van der Waals surface area contributed by atoms with Gasteiger partial charge >= 0.3 is 11.9 Å². The summed E-state index contributed by atoms with van der Waals surface area (Å²) in [5.41, 5.74) is 11.9. The molecule has 0 saturated carbocycles. The second-order valence-electron chi connectivity index (χ2n) is 4.21. The number of hydrogen-bond acceptors (Lipinski definition) is 7. The van der Waals surface area contributed by atoms with Crippen LogP contribution >= 0.6 is 46.4 Å². The Morgan fingerprint density at radius 2 is 1.57 bits per heavy atom. The van der Waals surface area contributed by atoms with Crippen molar-refractivity contribution in [1.29, 1.82) is 0 Å². The maximum absolute atomic E-state index is 11.7. The summed E-state index contributed by atoms with van der Waals surface area (Å²) in [6.07, 6.45) is 0. The van der Waals surface area contributed by atoms with Crippen LogP contribution < -0.4 is 11.5 Å². The predicted octanol–water partition coefficient (Wildman–Crippen LogP) is 1.69. The Morgan fingerprint density at radius 3 is 2.09 bits per heavy atom. The first kappa shape index (κ1) is 24.6. The van der Waals surface area contributed by atoms with Gasteiger partial charge in [0.05, 0.1) is 0 Å². The zero-order chi connectivity index (χ0) is 15.7. The lowest BCUT2D eigenvalue weighted by molar-refractivity contribution is -0.146. The van der Waals surface area contributed by atoms with Gasteiger partial charge in [0.15, 0.2) is 0 Å². The zero-order valence-corrected chi connectivity index (χ0v) is 15.4. The van der Waals surface area contributed by atoms with Gasteiger partial charge in [-0.1, -0.05) is 51.9 Å². The molecular weight excluding hydrogens is 383 g/mol. The van der Waals surface area contributed by atoms with Crippen molar-refractivity contribution in [1.82, 2.24) is 0 Å². The van der Waals surface area contributed by atoms with Gasteiger partial charge in [-0.2, -0.15) is 0 Å². The van der Waals surface area contributed by atoms with Gasteiger partial charge in [0.1, 0.15) is 18.7 Å². The van der Waals surface area contributed by atoms with Gasteiger partial charge in [-0.15, -0.1) is 24.8 Å². The van der Waals surface area contributed by atoms with Crippen LogP contribution in [0.2, 0.25) is 0 Å². The third-order valence-corrected chi connectivity index (χ3v) is 4.90. The Balaban J connectivity index is 0. The number of halogens is 2. The summed E-state index contributed by atoms with van der Waals surface area (Å²) in [5, 5.41) is 8.61. The molecule has 2 atom stereocenters. The average Bonchev–Trinajstić information content (AvgIpc) is 2.49. The van der Waals surface area contributed by atoms with E-state index >= 15 is 0 Å². The Bertz CT molecular complexity index is 469. The normalized spacial score (nSPS) is 12.3. The quantitative estimate of drug-likeness (QED) is 0.324. The van der Waals surface area contributed by atoms with Crippen molar-refractivity contribution in [3.8, 4) is 0 Å². The molecule has 23 heavy (non-hydrogen) atoms. The molecule has 0 aromatic heterocycles. The fourth-order valence-corrected chi connectivity index (χ4v) is 3.44. The van der Waals surface area contributed by atoms with Gasteiger partial charge in [-0.25, -0.2) is 0 Å². The molecule has 0 fully saturated rings. The third-order valence-electron chi connectivity index (χ3n) is 2.42. The number of hydrogen-bond donors (Lipinski definition) is 3. The number of carboxylic acid groups (broad SMARTS) is 1. The molecule has 0 heterocycles. The maximum atomic E-state index is 11.7. The first-order chi connectivity index (χ1) is 10.0. The molecule has 1 aromatic carbocycles. The van der Waals surface area contributed by atoms with Crippen molar-refractivity contribution < 1.29 is 19.4 Å². The van der Waals surface area contributed by atoms with E-state index in [-0.39, 0.29) is 37.2 Å². The van der Waals surface area contributed by atoms with Crippen molar-refractivity contribution in [2.24, 2.45) is 11.5 Å². The minimum absolute atomic E-state index is 0. The van der Waals surface area contributed by atoms with Crippen LogP contribution in [-0.2, 0) is 20.9 Å². The molecule has 0 bridgehead atoms. The van der Waals surface area contributed by atoms with E-state index in [1.54, 1.807) is 0 Å². The predicted molar refractivity (Wildman–Crippen MR) is 99.2 cm³/mol. The van der Waals surface area contributed by atoms with Gasteiger partial charge in [0.2, 0.25) is 0 Å². The smallest absolute Gasteiger partial charge is 0.324 e. The Kier molecular flexibility index (Phi) is 14.7. The van der Waals surface area contributed by atoms with Crippen LogP contribution in [0.1, 0.15) is 5.56 Å². The molecule has 0 aliphatic rings. The lowest BCUT2D eigenvalue weighted by Crippen LogP contribution is -2.34. The van der Waals surface area contributed by atoms with E-state index < -0.39 is 24.0 Å². The van der Waals surface area contributed by atoms with Crippen molar-refractivity contribution in [2.45, 2.75) is 18.7 Å². The summed E-state index contributed by atoms with van der Waals surface area (Å²) < 4.78 is 5.10. The van der Waals surface area contributed by atoms with E-state index in [9.17, 15) is 9.59 Å². The minimum atomic E-state index is -1.05. The highest BCUT2D eigenvalue weighted by atomic mass is 35.5.